The van der Waals surface area contributed by atoms with Crippen LogP contribution in [0.25, 0.3) is 0 Å². The number of hydroxylamine groups is 2. The molecule has 2 nitrogen and oxygen atoms in total. The second-order valence-electron chi connectivity index (χ2n) is 1.22. The van der Waals surface area contributed by atoms with Gasteiger partial charge in [-0.15, -0.1) is 12.4 Å². The van der Waals surface area contributed by atoms with Crippen LogP contribution in [0.4, 0.5) is 0 Å². The molecule has 0 aromatic rings. The predicted octanol–water partition coefficient (Wildman–Crippen LogP) is 1.30. The molecule has 0 aliphatic carbocycles. The number of hydrogen-bond donors (Lipinski definition) is 0. The summed E-state index contributed by atoms with van der Waals surface area (Å²) in [5.74, 6) is 0. The zero-order valence-corrected chi connectivity index (χ0v) is 7.46. The number of alkyl halides is 1. The quantitative estimate of drug-likeness (QED) is 0.508. The minimum absolute atomic E-state index is 0. The van der Waals surface area contributed by atoms with Gasteiger partial charge in [0.25, 0.3) is 0 Å². The fourth-order valence-corrected chi connectivity index (χ4v) is 0.710. The lowest BCUT2D eigenvalue weighted by molar-refractivity contribution is -0.103. The summed E-state index contributed by atoms with van der Waals surface area (Å²) in [6.07, 6.45) is 0. The topological polar surface area (TPSA) is 12.5 Å². The minimum Gasteiger partial charge on any atom is -0.303 e. The molecule has 0 saturated heterocycles. The molecule has 4 heteroatoms. The van der Waals surface area contributed by atoms with Crippen LogP contribution in [-0.4, -0.2) is 31.1 Å². The van der Waals surface area contributed by atoms with Crippen LogP contribution < -0.4 is 0 Å². The van der Waals surface area contributed by atoms with Crippen molar-refractivity contribution in [3.8, 4) is 0 Å². The Bertz CT molecular complexity index is 47.0. The van der Waals surface area contributed by atoms with Gasteiger partial charge in [-0.1, -0.05) is 15.9 Å². The van der Waals surface area contributed by atoms with E-state index in [1.807, 2.05) is 7.05 Å². The lowest BCUT2D eigenvalue weighted by Crippen LogP contribution is -2.18. The highest BCUT2D eigenvalue weighted by atomic mass is 79.9. The Kier molecular flexibility index (Phi) is 11.0. The Balaban J connectivity index is 0. The average molecular weight is 204 g/mol. The maximum absolute atomic E-state index is 4.79. The summed E-state index contributed by atoms with van der Waals surface area (Å²) in [7, 11) is 3.55. The summed E-state index contributed by atoms with van der Waals surface area (Å²) in [5, 5.41) is 2.71. The van der Waals surface area contributed by atoms with E-state index in [0.717, 1.165) is 11.9 Å². The molecular formula is C4H11BrClNO. The van der Waals surface area contributed by atoms with Crippen LogP contribution in [0.5, 0.6) is 0 Å². The second kappa shape index (κ2) is 7.69. The molecule has 0 aliphatic heterocycles. The van der Waals surface area contributed by atoms with Crippen molar-refractivity contribution in [3.63, 3.8) is 0 Å². The normalized spacial score (nSPS) is 9.00. The van der Waals surface area contributed by atoms with E-state index in [2.05, 4.69) is 15.9 Å². The van der Waals surface area contributed by atoms with Gasteiger partial charge in [0.1, 0.15) is 0 Å². The van der Waals surface area contributed by atoms with Gasteiger partial charge in [0.05, 0.1) is 7.11 Å². The van der Waals surface area contributed by atoms with Gasteiger partial charge in [-0.25, -0.2) is 0 Å². The maximum Gasteiger partial charge on any atom is 0.0575 e. The van der Waals surface area contributed by atoms with Crippen molar-refractivity contribution < 1.29 is 4.84 Å². The van der Waals surface area contributed by atoms with E-state index in [1.54, 1.807) is 12.2 Å². The molecule has 0 amide bonds. The van der Waals surface area contributed by atoms with Gasteiger partial charge < -0.3 is 4.84 Å². The zero-order valence-electron chi connectivity index (χ0n) is 5.06. The number of nitrogens with zero attached hydrogens (tertiary/aromatic N) is 1. The Labute approximate surface area is 64.7 Å². The molecule has 0 heterocycles. The molecule has 0 aromatic carbocycles. The minimum atomic E-state index is 0. The Morgan fingerprint density at radius 3 is 2.25 bits per heavy atom. The van der Waals surface area contributed by atoms with Crippen molar-refractivity contribution in [1.29, 1.82) is 0 Å². The Morgan fingerprint density at radius 2 is 2.12 bits per heavy atom. The van der Waals surface area contributed by atoms with Gasteiger partial charge in [-0.05, 0) is 0 Å². The van der Waals surface area contributed by atoms with Crippen LogP contribution in [0.1, 0.15) is 0 Å². The van der Waals surface area contributed by atoms with Crippen molar-refractivity contribution in [2.45, 2.75) is 0 Å². The first-order chi connectivity index (χ1) is 3.31. The second-order valence-corrected chi connectivity index (χ2v) is 2.02. The predicted molar refractivity (Wildman–Crippen MR) is 40.7 cm³/mol. The molecule has 8 heavy (non-hydrogen) atoms. The lowest BCUT2D eigenvalue weighted by Gasteiger charge is -2.09. The van der Waals surface area contributed by atoms with Crippen molar-refractivity contribution >= 4 is 28.3 Å². The van der Waals surface area contributed by atoms with Gasteiger partial charge in [-0.2, -0.15) is 5.06 Å². The van der Waals surface area contributed by atoms with Gasteiger partial charge >= 0.3 is 0 Å². The highest BCUT2D eigenvalue weighted by Gasteiger charge is 1.88. The van der Waals surface area contributed by atoms with Crippen LogP contribution in [0.15, 0.2) is 0 Å². The van der Waals surface area contributed by atoms with Gasteiger partial charge in [-0.3, -0.25) is 0 Å². The fourth-order valence-electron chi connectivity index (χ4n) is 0.210. The van der Waals surface area contributed by atoms with Crippen molar-refractivity contribution in [3.05, 3.63) is 0 Å². The summed E-state index contributed by atoms with van der Waals surface area (Å²) in [6, 6.07) is 0. The number of hydrogen-bond acceptors (Lipinski definition) is 2. The monoisotopic (exact) mass is 203 g/mol. The van der Waals surface area contributed by atoms with E-state index in [4.69, 9.17) is 4.84 Å². The van der Waals surface area contributed by atoms with Crippen molar-refractivity contribution in [1.82, 2.24) is 5.06 Å². The summed E-state index contributed by atoms with van der Waals surface area (Å²) < 4.78 is 0. The maximum atomic E-state index is 4.79. The summed E-state index contributed by atoms with van der Waals surface area (Å²) in [4.78, 5) is 4.79. The fraction of sp³-hybridized carbons (Fsp3) is 1.00. The van der Waals surface area contributed by atoms with E-state index < -0.39 is 0 Å². The zero-order chi connectivity index (χ0) is 5.70. The first-order valence-electron chi connectivity index (χ1n) is 2.12. The summed E-state index contributed by atoms with van der Waals surface area (Å²) in [5.41, 5.74) is 0. The largest absolute Gasteiger partial charge is 0.303 e. The molecule has 52 valence electrons. The Morgan fingerprint density at radius 1 is 1.62 bits per heavy atom. The molecule has 0 unspecified atom stereocenters. The third-order valence-corrected chi connectivity index (χ3v) is 1.07. The highest BCUT2D eigenvalue weighted by molar-refractivity contribution is 9.09. The van der Waals surface area contributed by atoms with Gasteiger partial charge in [0, 0.05) is 18.9 Å². The van der Waals surface area contributed by atoms with Crippen LogP contribution in [0, 0.1) is 0 Å². The standard InChI is InChI=1S/C4H10BrNO.ClH/c1-6(7-2)4-3-5;/h3-4H2,1-2H3;1H. The van der Waals surface area contributed by atoms with Crippen molar-refractivity contribution in [2.24, 2.45) is 0 Å². The third kappa shape index (κ3) is 6.69. The SMILES string of the molecule is CON(C)CCBr.Cl. The first kappa shape index (κ1) is 11.5. The molecule has 0 aliphatic rings. The highest BCUT2D eigenvalue weighted by Crippen LogP contribution is 1.83. The lowest BCUT2D eigenvalue weighted by atomic mass is 10.8. The van der Waals surface area contributed by atoms with Gasteiger partial charge in [0.15, 0.2) is 0 Å². The van der Waals surface area contributed by atoms with E-state index >= 15 is 0 Å². The number of halogens is 2. The van der Waals surface area contributed by atoms with E-state index in [-0.39, 0.29) is 12.4 Å². The van der Waals surface area contributed by atoms with Crippen molar-refractivity contribution in [2.75, 3.05) is 26.0 Å². The molecular weight excluding hydrogens is 193 g/mol. The molecule has 0 atom stereocenters. The first-order valence-corrected chi connectivity index (χ1v) is 3.24. The summed E-state index contributed by atoms with van der Waals surface area (Å²) in [6.45, 7) is 0.927. The smallest absolute Gasteiger partial charge is 0.0575 e. The van der Waals surface area contributed by atoms with E-state index in [1.165, 1.54) is 0 Å². The van der Waals surface area contributed by atoms with Crippen LogP contribution in [0.2, 0.25) is 0 Å². The molecule has 0 saturated carbocycles. The molecule has 0 aromatic heterocycles. The van der Waals surface area contributed by atoms with Crippen LogP contribution >= 0.6 is 28.3 Å². The van der Waals surface area contributed by atoms with Gasteiger partial charge in [0.2, 0.25) is 0 Å². The Hall–Kier alpha value is 0.690. The van der Waals surface area contributed by atoms with Crippen LogP contribution in [-0.2, 0) is 4.84 Å². The van der Waals surface area contributed by atoms with E-state index in [9.17, 15) is 0 Å². The third-order valence-electron chi connectivity index (χ3n) is 0.711. The molecule has 0 radical (unpaired) electrons. The molecule has 0 spiro atoms. The summed E-state index contributed by atoms with van der Waals surface area (Å²) >= 11 is 3.27. The molecule has 0 fully saturated rings. The van der Waals surface area contributed by atoms with Crippen LogP contribution in [0.3, 0.4) is 0 Å². The van der Waals surface area contributed by atoms with E-state index in [0.29, 0.717) is 0 Å². The average Bonchev–Trinajstić information content (AvgIpc) is 1.68. The molecule has 0 N–H and O–H groups in total. The molecule has 0 bridgehead atoms. The number of rotatable bonds is 3. The molecule has 0 rings (SSSR count).